The fraction of sp³-hybridized carbons (Fsp3) is 0. The van der Waals surface area contributed by atoms with E-state index in [1.165, 1.54) is 6.21 Å². The number of imidazole rings is 1. The monoisotopic (exact) mass is 247 g/mol. The highest BCUT2D eigenvalue weighted by Gasteiger charge is 1.91. The van der Waals surface area contributed by atoms with Crippen LogP contribution in [0.5, 0.6) is 0 Å². The SMILES string of the molecule is N=Cc1nccn1/C=C\I. The highest BCUT2D eigenvalue weighted by Crippen LogP contribution is 1.96. The molecular weight excluding hydrogens is 241 g/mol. The van der Waals surface area contributed by atoms with Gasteiger partial charge in [-0.05, 0) is 4.08 Å². The van der Waals surface area contributed by atoms with E-state index in [0.717, 1.165) is 0 Å². The Balaban J connectivity index is 3.00. The first-order chi connectivity index (χ1) is 4.88. The third-order valence-corrected chi connectivity index (χ3v) is 1.37. The van der Waals surface area contributed by atoms with Gasteiger partial charge < -0.3 is 9.98 Å². The molecule has 1 rings (SSSR count). The molecule has 0 aliphatic rings. The molecular formula is C6H6IN3. The Labute approximate surface area is 72.4 Å². The van der Waals surface area contributed by atoms with Crippen LogP contribution in [0.4, 0.5) is 0 Å². The van der Waals surface area contributed by atoms with E-state index < -0.39 is 0 Å². The second-order valence-electron chi connectivity index (χ2n) is 1.61. The molecule has 0 amide bonds. The Morgan fingerprint density at radius 1 is 1.70 bits per heavy atom. The smallest absolute Gasteiger partial charge is 0.154 e. The van der Waals surface area contributed by atoms with Crippen molar-refractivity contribution in [2.45, 2.75) is 0 Å². The Bertz CT molecular complexity index is 251. The zero-order valence-corrected chi connectivity index (χ0v) is 7.32. The molecule has 3 nitrogen and oxygen atoms in total. The predicted molar refractivity (Wildman–Crippen MR) is 49.5 cm³/mol. The molecule has 0 unspecified atom stereocenters. The third kappa shape index (κ3) is 1.44. The van der Waals surface area contributed by atoms with Crippen molar-refractivity contribution in [3.8, 4) is 0 Å². The van der Waals surface area contributed by atoms with Crippen molar-refractivity contribution < 1.29 is 0 Å². The van der Waals surface area contributed by atoms with Crippen LogP contribution in [0, 0.1) is 5.41 Å². The number of halogens is 1. The van der Waals surface area contributed by atoms with Gasteiger partial charge in [0.1, 0.15) is 0 Å². The lowest BCUT2D eigenvalue weighted by molar-refractivity contribution is 1.11. The van der Waals surface area contributed by atoms with Crippen LogP contribution in [0.2, 0.25) is 0 Å². The number of nitrogens with zero attached hydrogens (tertiary/aromatic N) is 2. The maximum absolute atomic E-state index is 6.93. The van der Waals surface area contributed by atoms with Gasteiger partial charge in [-0.25, -0.2) is 4.98 Å². The van der Waals surface area contributed by atoms with Crippen molar-refractivity contribution >= 4 is 35.0 Å². The van der Waals surface area contributed by atoms with E-state index in [4.69, 9.17) is 5.41 Å². The summed E-state index contributed by atoms with van der Waals surface area (Å²) in [7, 11) is 0. The standard InChI is InChI=1S/C6H6IN3/c7-1-3-10-4-2-9-6(10)5-8/h1-5,8H/b3-1-,8-5?. The first-order valence-electron chi connectivity index (χ1n) is 2.68. The Morgan fingerprint density at radius 3 is 3.10 bits per heavy atom. The fourth-order valence-corrected chi connectivity index (χ4v) is 0.970. The van der Waals surface area contributed by atoms with Crippen LogP contribution < -0.4 is 0 Å². The summed E-state index contributed by atoms with van der Waals surface area (Å²) in [5.41, 5.74) is 0. The maximum Gasteiger partial charge on any atom is 0.154 e. The largest absolute Gasteiger partial charge is 0.305 e. The predicted octanol–water partition coefficient (Wildman–Crippen LogP) is 1.74. The summed E-state index contributed by atoms with van der Waals surface area (Å²) >= 11 is 2.12. The second-order valence-corrected chi connectivity index (χ2v) is 2.33. The molecule has 4 heteroatoms. The molecule has 1 heterocycles. The van der Waals surface area contributed by atoms with E-state index in [0.29, 0.717) is 5.82 Å². The van der Waals surface area contributed by atoms with E-state index in [1.807, 2.05) is 10.3 Å². The molecule has 0 saturated heterocycles. The lowest BCUT2D eigenvalue weighted by Crippen LogP contribution is -1.91. The summed E-state index contributed by atoms with van der Waals surface area (Å²) < 4.78 is 3.64. The van der Waals surface area contributed by atoms with Crippen LogP contribution >= 0.6 is 22.6 Å². The van der Waals surface area contributed by atoms with Gasteiger partial charge in [-0.3, -0.25) is 0 Å². The van der Waals surface area contributed by atoms with Crippen LogP contribution in [-0.4, -0.2) is 15.8 Å². The minimum absolute atomic E-state index is 0.646. The van der Waals surface area contributed by atoms with Crippen molar-refractivity contribution in [2.75, 3.05) is 0 Å². The molecule has 0 aromatic carbocycles. The zero-order valence-electron chi connectivity index (χ0n) is 5.16. The quantitative estimate of drug-likeness (QED) is 0.627. The maximum atomic E-state index is 6.93. The molecule has 0 fully saturated rings. The van der Waals surface area contributed by atoms with Crippen molar-refractivity contribution in [2.24, 2.45) is 0 Å². The van der Waals surface area contributed by atoms with Crippen molar-refractivity contribution in [3.63, 3.8) is 0 Å². The molecule has 0 spiro atoms. The lowest BCUT2D eigenvalue weighted by atomic mass is 10.6. The lowest BCUT2D eigenvalue weighted by Gasteiger charge is -1.91. The molecule has 0 aliphatic heterocycles. The highest BCUT2D eigenvalue weighted by atomic mass is 127. The topological polar surface area (TPSA) is 41.7 Å². The number of hydrogen-bond donors (Lipinski definition) is 1. The van der Waals surface area contributed by atoms with Gasteiger partial charge in [0, 0.05) is 18.6 Å². The second kappa shape index (κ2) is 3.50. The molecule has 1 aromatic rings. The van der Waals surface area contributed by atoms with Crippen LogP contribution in [0.1, 0.15) is 5.82 Å². The van der Waals surface area contributed by atoms with Gasteiger partial charge >= 0.3 is 0 Å². The van der Waals surface area contributed by atoms with Gasteiger partial charge in [0.05, 0.1) is 6.21 Å². The average Bonchev–Trinajstić information content (AvgIpc) is 2.36. The van der Waals surface area contributed by atoms with E-state index in [-0.39, 0.29) is 0 Å². The van der Waals surface area contributed by atoms with Crippen LogP contribution in [-0.2, 0) is 0 Å². The van der Waals surface area contributed by atoms with E-state index in [9.17, 15) is 0 Å². The summed E-state index contributed by atoms with van der Waals surface area (Å²) in [6.45, 7) is 0. The Kier molecular flexibility index (Phi) is 2.61. The molecule has 0 bridgehead atoms. The minimum Gasteiger partial charge on any atom is -0.305 e. The van der Waals surface area contributed by atoms with Crippen LogP contribution in [0.3, 0.4) is 0 Å². The fourth-order valence-electron chi connectivity index (χ4n) is 0.623. The third-order valence-electron chi connectivity index (χ3n) is 1.04. The van der Waals surface area contributed by atoms with Gasteiger partial charge in [-0.2, -0.15) is 0 Å². The van der Waals surface area contributed by atoms with Gasteiger partial charge in [0.2, 0.25) is 0 Å². The molecule has 0 aliphatic carbocycles. The van der Waals surface area contributed by atoms with E-state index in [2.05, 4.69) is 27.6 Å². The number of aromatic nitrogens is 2. The first-order valence-corrected chi connectivity index (χ1v) is 3.93. The molecule has 0 radical (unpaired) electrons. The summed E-state index contributed by atoms with van der Waals surface area (Å²) in [5.74, 6) is 0.646. The summed E-state index contributed by atoms with van der Waals surface area (Å²) in [4.78, 5) is 3.92. The molecule has 0 atom stereocenters. The Hall–Kier alpha value is -0.650. The van der Waals surface area contributed by atoms with Crippen LogP contribution in [0.25, 0.3) is 6.20 Å². The van der Waals surface area contributed by atoms with Crippen LogP contribution in [0.15, 0.2) is 16.5 Å². The molecule has 52 valence electrons. The molecule has 0 saturated carbocycles. The normalized spacial score (nSPS) is 10.5. The van der Waals surface area contributed by atoms with E-state index in [1.54, 1.807) is 17.0 Å². The first kappa shape index (κ1) is 7.46. The molecule has 1 N–H and O–H groups in total. The van der Waals surface area contributed by atoms with Crippen molar-refractivity contribution in [3.05, 3.63) is 22.3 Å². The van der Waals surface area contributed by atoms with Gasteiger partial charge in [0.25, 0.3) is 0 Å². The highest BCUT2D eigenvalue weighted by molar-refractivity contribution is 14.1. The van der Waals surface area contributed by atoms with Crippen molar-refractivity contribution in [1.29, 1.82) is 5.41 Å². The number of hydrogen-bond acceptors (Lipinski definition) is 2. The summed E-state index contributed by atoms with van der Waals surface area (Å²) in [5, 5.41) is 6.93. The van der Waals surface area contributed by atoms with Gasteiger partial charge in [-0.15, -0.1) is 0 Å². The minimum atomic E-state index is 0.646. The van der Waals surface area contributed by atoms with Crippen molar-refractivity contribution in [1.82, 2.24) is 9.55 Å². The molecule has 10 heavy (non-hydrogen) atoms. The van der Waals surface area contributed by atoms with Gasteiger partial charge in [-0.1, -0.05) is 22.6 Å². The van der Waals surface area contributed by atoms with E-state index >= 15 is 0 Å². The summed E-state index contributed by atoms with van der Waals surface area (Å²) in [6.07, 6.45) is 6.52. The number of rotatable bonds is 2. The summed E-state index contributed by atoms with van der Waals surface area (Å²) in [6, 6.07) is 0. The average molecular weight is 247 g/mol. The zero-order chi connectivity index (χ0) is 7.40. The molecule has 1 aromatic heterocycles. The number of nitrogens with one attached hydrogen (secondary N) is 1. The Morgan fingerprint density at radius 2 is 2.50 bits per heavy atom. The van der Waals surface area contributed by atoms with Gasteiger partial charge in [0.15, 0.2) is 5.82 Å².